The van der Waals surface area contributed by atoms with Gasteiger partial charge in [0.25, 0.3) is 16.8 Å². The van der Waals surface area contributed by atoms with Gasteiger partial charge in [0, 0.05) is 17.2 Å². The van der Waals surface area contributed by atoms with E-state index in [0.29, 0.717) is 16.9 Å². The molecule has 1 heterocycles. The van der Waals surface area contributed by atoms with Crippen molar-refractivity contribution in [3.63, 3.8) is 0 Å². The van der Waals surface area contributed by atoms with Crippen molar-refractivity contribution in [1.82, 2.24) is 4.90 Å². The maximum absolute atomic E-state index is 13.1. The number of hydrogen-bond acceptors (Lipinski definition) is 6. The maximum atomic E-state index is 13.1. The molecule has 0 N–H and O–H groups in total. The number of carbonyl (C=O) groups excluding carboxylic acids is 2. The first kappa shape index (κ1) is 21.6. The van der Waals surface area contributed by atoms with Crippen LogP contribution in [0.5, 0.6) is 5.75 Å². The van der Waals surface area contributed by atoms with E-state index in [9.17, 15) is 19.7 Å². The van der Waals surface area contributed by atoms with Crippen molar-refractivity contribution in [2.24, 2.45) is 0 Å². The van der Waals surface area contributed by atoms with Crippen LogP contribution >= 0.6 is 11.8 Å². The number of thioether (sulfide) groups is 1. The number of amides is 2. The lowest BCUT2D eigenvalue weighted by molar-refractivity contribution is -0.385. The number of ether oxygens (including phenoxy) is 1. The number of fused-ring (bicyclic) bond motifs is 1. The van der Waals surface area contributed by atoms with Gasteiger partial charge in [-0.25, -0.2) is 0 Å². The van der Waals surface area contributed by atoms with Crippen molar-refractivity contribution in [1.29, 1.82) is 0 Å². The lowest BCUT2D eigenvalue weighted by Crippen LogP contribution is -2.27. The first-order valence-corrected chi connectivity index (χ1v) is 10.8. The molecule has 1 saturated heterocycles. The van der Waals surface area contributed by atoms with Crippen LogP contribution in [-0.4, -0.2) is 27.1 Å². The summed E-state index contributed by atoms with van der Waals surface area (Å²) >= 11 is 0.819. The third-order valence-electron chi connectivity index (χ3n) is 4.96. The molecular formula is C24H20N2O5S. The SMILES string of the molecule is CC(C)Oc1ccc2ccccc2c1/C=C1\SC(=O)N(Cc2ccccc2[N+](=O)[O-])C1=O. The van der Waals surface area contributed by atoms with Crippen molar-refractivity contribution >= 4 is 45.4 Å². The average Bonchev–Trinajstić information content (AvgIpc) is 3.02. The number of imide groups is 1. The molecule has 0 aromatic heterocycles. The van der Waals surface area contributed by atoms with Gasteiger partial charge in [-0.15, -0.1) is 0 Å². The molecule has 3 aromatic rings. The Kier molecular flexibility index (Phi) is 5.96. The summed E-state index contributed by atoms with van der Waals surface area (Å²) in [6.45, 7) is 3.67. The minimum Gasteiger partial charge on any atom is -0.490 e. The molecule has 0 unspecified atom stereocenters. The predicted octanol–water partition coefficient (Wildman–Crippen LogP) is 5.77. The lowest BCUT2D eigenvalue weighted by atomic mass is 10.0. The van der Waals surface area contributed by atoms with Crippen LogP contribution in [-0.2, 0) is 11.3 Å². The Morgan fingerprint density at radius 1 is 1.06 bits per heavy atom. The molecule has 0 aliphatic carbocycles. The maximum Gasteiger partial charge on any atom is 0.293 e. The smallest absolute Gasteiger partial charge is 0.293 e. The van der Waals surface area contributed by atoms with E-state index in [0.717, 1.165) is 27.4 Å². The summed E-state index contributed by atoms with van der Waals surface area (Å²) in [5, 5.41) is 12.7. The Labute approximate surface area is 188 Å². The number of rotatable bonds is 6. The van der Waals surface area contributed by atoms with E-state index in [1.807, 2.05) is 50.2 Å². The molecule has 7 nitrogen and oxygen atoms in total. The molecule has 0 bridgehead atoms. The van der Waals surface area contributed by atoms with E-state index in [1.165, 1.54) is 6.07 Å². The predicted molar refractivity (Wildman–Crippen MR) is 124 cm³/mol. The van der Waals surface area contributed by atoms with E-state index in [-0.39, 0.29) is 23.2 Å². The van der Waals surface area contributed by atoms with Crippen molar-refractivity contribution < 1.29 is 19.2 Å². The van der Waals surface area contributed by atoms with Crippen molar-refractivity contribution in [3.05, 3.63) is 86.8 Å². The minimum absolute atomic E-state index is 0.0722. The van der Waals surface area contributed by atoms with Crippen LogP contribution in [0, 0.1) is 10.1 Å². The molecule has 32 heavy (non-hydrogen) atoms. The average molecular weight is 449 g/mol. The van der Waals surface area contributed by atoms with Crippen molar-refractivity contribution in [2.75, 3.05) is 0 Å². The molecule has 0 atom stereocenters. The molecule has 4 rings (SSSR count). The largest absolute Gasteiger partial charge is 0.490 e. The van der Waals surface area contributed by atoms with Crippen LogP contribution in [0.2, 0.25) is 0 Å². The highest BCUT2D eigenvalue weighted by molar-refractivity contribution is 8.18. The number of benzene rings is 3. The number of nitro benzene ring substituents is 1. The summed E-state index contributed by atoms with van der Waals surface area (Å²) in [6.07, 6.45) is 1.60. The molecule has 1 aliphatic heterocycles. The van der Waals surface area contributed by atoms with Gasteiger partial charge in [-0.3, -0.25) is 24.6 Å². The summed E-state index contributed by atoms with van der Waals surface area (Å²) in [5.74, 6) is 0.130. The third-order valence-corrected chi connectivity index (χ3v) is 5.87. The second-order valence-corrected chi connectivity index (χ2v) is 8.51. The summed E-state index contributed by atoms with van der Waals surface area (Å²) < 4.78 is 5.95. The second kappa shape index (κ2) is 8.84. The Morgan fingerprint density at radius 2 is 1.78 bits per heavy atom. The fraction of sp³-hybridized carbons (Fsp3) is 0.167. The van der Waals surface area contributed by atoms with Gasteiger partial charge in [0.15, 0.2) is 0 Å². The molecule has 162 valence electrons. The Bertz CT molecular complexity index is 1270. The summed E-state index contributed by atoms with van der Waals surface area (Å²) in [5.41, 5.74) is 0.889. The van der Waals surface area contributed by atoms with Crippen LogP contribution in [0.15, 0.2) is 65.6 Å². The van der Waals surface area contributed by atoms with Gasteiger partial charge in [0.1, 0.15) is 5.75 Å². The minimum atomic E-state index is -0.518. The van der Waals surface area contributed by atoms with Gasteiger partial charge in [-0.2, -0.15) is 0 Å². The van der Waals surface area contributed by atoms with Crippen LogP contribution in [0.25, 0.3) is 16.8 Å². The molecule has 3 aromatic carbocycles. The summed E-state index contributed by atoms with van der Waals surface area (Å²) in [7, 11) is 0. The molecular weight excluding hydrogens is 428 g/mol. The number of nitro groups is 1. The zero-order chi connectivity index (χ0) is 22.8. The molecule has 0 saturated carbocycles. The van der Waals surface area contributed by atoms with Crippen LogP contribution in [0.4, 0.5) is 10.5 Å². The van der Waals surface area contributed by atoms with Gasteiger partial charge < -0.3 is 4.74 Å². The van der Waals surface area contributed by atoms with E-state index in [4.69, 9.17) is 4.74 Å². The number of carbonyl (C=O) groups is 2. The van der Waals surface area contributed by atoms with E-state index in [2.05, 4.69) is 0 Å². The van der Waals surface area contributed by atoms with E-state index >= 15 is 0 Å². The molecule has 8 heteroatoms. The van der Waals surface area contributed by atoms with Crippen molar-refractivity contribution in [3.8, 4) is 5.75 Å². The number of nitrogens with zero attached hydrogens (tertiary/aromatic N) is 2. The van der Waals surface area contributed by atoms with Gasteiger partial charge in [-0.1, -0.05) is 48.5 Å². The highest BCUT2D eigenvalue weighted by Gasteiger charge is 2.36. The molecule has 1 fully saturated rings. The zero-order valence-electron chi connectivity index (χ0n) is 17.5. The highest BCUT2D eigenvalue weighted by Crippen LogP contribution is 2.38. The monoisotopic (exact) mass is 448 g/mol. The molecule has 2 amide bonds. The van der Waals surface area contributed by atoms with Gasteiger partial charge in [0.05, 0.1) is 22.5 Å². The summed E-state index contributed by atoms with van der Waals surface area (Å²) in [6, 6.07) is 17.6. The zero-order valence-corrected chi connectivity index (χ0v) is 18.3. The Balaban J connectivity index is 1.72. The Morgan fingerprint density at radius 3 is 2.53 bits per heavy atom. The molecule has 0 spiro atoms. The fourth-order valence-electron chi connectivity index (χ4n) is 3.54. The summed E-state index contributed by atoms with van der Waals surface area (Å²) in [4.78, 5) is 37.8. The van der Waals surface area contributed by atoms with E-state index < -0.39 is 16.1 Å². The fourth-order valence-corrected chi connectivity index (χ4v) is 4.36. The molecule has 0 radical (unpaired) electrons. The third kappa shape index (κ3) is 4.22. The van der Waals surface area contributed by atoms with Crippen LogP contribution in [0.3, 0.4) is 0 Å². The van der Waals surface area contributed by atoms with Gasteiger partial charge in [0.2, 0.25) is 0 Å². The van der Waals surface area contributed by atoms with Crippen LogP contribution < -0.4 is 4.74 Å². The van der Waals surface area contributed by atoms with Gasteiger partial charge >= 0.3 is 0 Å². The first-order chi connectivity index (χ1) is 15.3. The van der Waals surface area contributed by atoms with Crippen LogP contribution in [0.1, 0.15) is 25.0 Å². The van der Waals surface area contributed by atoms with Crippen molar-refractivity contribution in [2.45, 2.75) is 26.5 Å². The molecule has 1 aliphatic rings. The lowest BCUT2D eigenvalue weighted by Gasteiger charge is -2.15. The Hall–Kier alpha value is -3.65. The topological polar surface area (TPSA) is 89.8 Å². The number of hydrogen-bond donors (Lipinski definition) is 0. The van der Waals surface area contributed by atoms with Gasteiger partial charge in [-0.05, 0) is 48.5 Å². The quantitative estimate of drug-likeness (QED) is 0.270. The second-order valence-electron chi connectivity index (χ2n) is 7.52. The normalized spacial score (nSPS) is 15.2. The van der Waals surface area contributed by atoms with E-state index in [1.54, 1.807) is 24.3 Å². The highest BCUT2D eigenvalue weighted by atomic mass is 32.2. The first-order valence-electron chi connectivity index (χ1n) is 10.0. The standard InChI is InChI=1S/C24H20N2O5S/c1-15(2)31-21-12-11-16-7-3-5-9-18(16)19(21)13-22-23(27)25(24(28)32-22)14-17-8-4-6-10-20(17)26(29)30/h3-13,15H,14H2,1-2H3/b22-13-. The number of para-hydroxylation sites is 1.